The molecule has 0 bridgehead atoms. The van der Waals surface area contributed by atoms with Gasteiger partial charge in [0.25, 0.3) is 0 Å². The van der Waals surface area contributed by atoms with E-state index in [1.165, 1.54) is 5.57 Å². The minimum atomic E-state index is -0.270. The number of rotatable bonds is 3. The van der Waals surface area contributed by atoms with E-state index in [0.717, 1.165) is 32.1 Å². The van der Waals surface area contributed by atoms with E-state index in [-0.39, 0.29) is 41.7 Å². The predicted molar refractivity (Wildman–Crippen MR) is 103 cm³/mol. The summed E-state index contributed by atoms with van der Waals surface area (Å²) in [5, 5.41) is 9.05. The van der Waals surface area contributed by atoms with Gasteiger partial charge in [0.1, 0.15) is 6.10 Å². The SMILES string of the molecule is CC1C[C@H]2[C@@H]3CCC4=CC(=O)C=C[C@]4(C)[C@H]3CC[C@]2(C)[C@@H]1OC(=O)CCO. The summed E-state index contributed by atoms with van der Waals surface area (Å²) in [5.41, 5.74) is 1.35. The van der Waals surface area contributed by atoms with Gasteiger partial charge >= 0.3 is 5.97 Å². The average molecular weight is 373 g/mol. The molecule has 0 aromatic heterocycles. The van der Waals surface area contributed by atoms with Crippen molar-refractivity contribution in [2.75, 3.05) is 6.61 Å². The molecule has 0 amide bonds. The van der Waals surface area contributed by atoms with E-state index in [0.29, 0.717) is 23.7 Å². The molecule has 1 unspecified atom stereocenters. The molecule has 148 valence electrons. The highest BCUT2D eigenvalue weighted by atomic mass is 16.5. The number of hydrogen-bond donors (Lipinski definition) is 1. The van der Waals surface area contributed by atoms with Crippen molar-refractivity contribution in [1.29, 1.82) is 0 Å². The van der Waals surface area contributed by atoms with E-state index in [9.17, 15) is 9.59 Å². The minimum absolute atomic E-state index is 0.00699. The first-order valence-electron chi connectivity index (χ1n) is 10.5. The van der Waals surface area contributed by atoms with Crippen molar-refractivity contribution in [2.24, 2.45) is 34.5 Å². The second-order valence-corrected chi connectivity index (χ2v) is 9.75. The molecule has 3 saturated carbocycles. The van der Waals surface area contributed by atoms with Gasteiger partial charge in [-0.05, 0) is 67.9 Å². The molecule has 0 radical (unpaired) electrons. The molecule has 4 aliphatic rings. The van der Waals surface area contributed by atoms with Gasteiger partial charge in [0.2, 0.25) is 0 Å². The molecule has 4 aliphatic carbocycles. The highest BCUT2D eigenvalue weighted by Gasteiger charge is 2.61. The van der Waals surface area contributed by atoms with E-state index in [1.807, 2.05) is 6.08 Å². The van der Waals surface area contributed by atoms with Crippen molar-refractivity contribution < 1.29 is 19.4 Å². The summed E-state index contributed by atoms with van der Waals surface area (Å²) < 4.78 is 5.89. The summed E-state index contributed by atoms with van der Waals surface area (Å²) in [6.07, 6.45) is 11.3. The number of allylic oxidation sites excluding steroid dienone is 4. The van der Waals surface area contributed by atoms with Crippen LogP contribution in [-0.2, 0) is 14.3 Å². The lowest BCUT2D eigenvalue weighted by Gasteiger charge is -2.56. The maximum Gasteiger partial charge on any atom is 0.308 e. The second kappa shape index (κ2) is 6.58. The number of ketones is 1. The Hall–Kier alpha value is -1.42. The van der Waals surface area contributed by atoms with Gasteiger partial charge in [-0.1, -0.05) is 32.4 Å². The molecular weight excluding hydrogens is 340 g/mol. The molecule has 0 aliphatic heterocycles. The Morgan fingerprint density at radius 1 is 1.30 bits per heavy atom. The molecule has 7 atom stereocenters. The molecule has 4 heteroatoms. The Labute approximate surface area is 162 Å². The number of fused-ring (bicyclic) bond motifs is 5. The molecule has 1 N–H and O–H groups in total. The highest BCUT2D eigenvalue weighted by Crippen LogP contribution is 2.65. The van der Waals surface area contributed by atoms with Gasteiger partial charge in [0, 0.05) is 10.8 Å². The third-order valence-corrected chi connectivity index (χ3v) is 8.36. The Morgan fingerprint density at radius 3 is 2.81 bits per heavy atom. The molecule has 0 saturated heterocycles. The van der Waals surface area contributed by atoms with E-state index >= 15 is 0 Å². The summed E-state index contributed by atoms with van der Waals surface area (Å²) in [5.74, 6) is 1.96. The average Bonchev–Trinajstić information content (AvgIpc) is 2.87. The summed E-state index contributed by atoms with van der Waals surface area (Å²) in [7, 11) is 0. The molecule has 0 aromatic rings. The first-order chi connectivity index (χ1) is 12.8. The highest BCUT2D eigenvalue weighted by molar-refractivity contribution is 6.01. The zero-order valence-electron chi connectivity index (χ0n) is 16.7. The van der Waals surface area contributed by atoms with Gasteiger partial charge < -0.3 is 9.84 Å². The first-order valence-corrected chi connectivity index (χ1v) is 10.5. The number of ether oxygens (including phenoxy) is 1. The number of aliphatic hydroxyl groups excluding tert-OH is 1. The fourth-order valence-corrected chi connectivity index (χ4v) is 7.06. The van der Waals surface area contributed by atoms with Crippen LogP contribution in [0.1, 0.15) is 59.3 Å². The lowest BCUT2D eigenvalue weighted by molar-refractivity contribution is -0.162. The Kier molecular flexibility index (Phi) is 4.61. The Balaban J connectivity index is 1.60. The van der Waals surface area contributed by atoms with Crippen LogP contribution in [0, 0.1) is 34.5 Å². The standard InChI is InChI=1S/C23H32O4/c1-14-12-19-17-5-4-15-13-16(25)6-9-22(15,2)18(17)7-10-23(19,3)21(14)27-20(26)8-11-24/h6,9,13-14,17-19,21,24H,4-5,7-8,10-12H2,1-3H3/t14?,17-,18+,19+,21-,22+,23+/m1/s1. The molecule has 0 heterocycles. The van der Waals surface area contributed by atoms with E-state index in [1.54, 1.807) is 6.08 Å². The molecular formula is C23H32O4. The van der Waals surface area contributed by atoms with Gasteiger partial charge in [-0.3, -0.25) is 9.59 Å². The van der Waals surface area contributed by atoms with Crippen LogP contribution in [0.5, 0.6) is 0 Å². The van der Waals surface area contributed by atoms with Crippen LogP contribution in [0.2, 0.25) is 0 Å². The van der Waals surface area contributed by atoms with Crippen molar-refractivity contribution in [3.63, 3.8) is 0 Å². The second-order valence-electron chi connectivity index (χ2n) is 9.75. The van der Waals surface area contributed by atoms with Gasteiger partial charge in [-0.2, -0.15) is 0 Å². The lowest BCUT2D eigenvalue weighted by Crippen LogP contribution is -2.51. The van der Waals surface area contributed by atoms with E-state index in [2.05, 4.69) is 26.8 Å². The van der Waals surface area contributed by atoms with Gasteiger partial charge in [-0.25, -0.2) is 0 Å². The third kappa shape index (κ3) is 2.83. The normalized spacial score (nSPS) is 45.6. The fraction of sp³-hybridized carbons (Fsp3) is 0.739. The Bertz CT molecular complexity index is 707. The zero-order valence-corrected chi connectivity index (χ0v) is 16.7. The largest absolute Gasteiger partial charge is 0.461 e. The van der Waals surface area contributed by atoms with Crippen LogP contribution in [0.3, 0.4) is 0 Å². The van der Waals surface area contributed by atoms with E-state index in [4.69, 9.17) is 9.84 Å². The number of esters is 1. The summed E-state index contributed by atoms with van der Waals surface area (Å²) in [6.45, 7) is 6.70. The maximum atomic E-state index is 12.1. The quantitative estimate of drug-likeness (QED) is 0.765. The maximum absolute atomic E-state index is 12.1. The molecule has 27 heavy (non-hydrogen) atoms. The molecule has 0 aromatic carbocycles. The predicted octanol–water partition coefficient (Wildman–Crippen LogP) is 3.83. The monoisotopic (exact) mass is 372 g/mol. The zero-order chi connectivity index (χ0) is 19.4. The minimum Gasteiger partial charge on any atom is -0.461 e. The van der Waals surface area contributed by atoms with Gasteiger partial charge in [-0.15, -0.1) is 0 Å². The fourth-order valence-electron chi connectivity index (χ4n) is 7.06. The third-order valence-electron chi connectivity index (χ3n) is 8.36. The molecule has 4 nitrogen and oxygen atoms in total. The molecule has 4 rings (SSSR count). The topological polar surface area (TPSA) is 63.6 Å². The molecule has 0 spiro atoms. The molecule has 3 fully saturated rings. The van der Waals surface area contributed by atoms with E-state index < -0.39 is 0 Å². The summed E-state index contributed by atoms with van der Waals surface area (Å²) in [6, 6.07) is 0. The van der Waals surface area contributed by atoms with Crippen molar-refractivity contribution in [3.05, 3.63) is 23.8 Å². The summed E-state index contributed by atoms with van der Waals surface area (Å²) in [4.78, 5) is 23.9. The van der Waals surface area contributed by atoms with Crippen LogP contribution in [0.25, 0.3) is 0 Å². The van der Waals surface area contributed by atoms with Crippen LogP contribution in [0.15, 0.2) is 23.8 Å². The van der Waals surface area contributed by atoms with Crippen molar-refractivity contribution >= 4 is 11.8 Å². The Morgan fingerprint density at radius 2 is 2.07 bits per heavy atom. The first kappa shape index (κ1) is 18.9. The number of carbonyl (C=O) groups excluding carboxylic acids is 2. The number of carbonyl (C=O) groups is 2. The summed E-state index contributed by atoms with van der Waals surface area (Å²) >= 11 is 0. The van der Waals surface area contributed by atoms with Crippen molar-refractivity contribution in [3.8, 4) is 0 Å². The number of hydrogen-bond acceptors (Lipinski definition) is 4. The van der Waals surface area contributed by atoms with Crippen molar-refractivity contribution in [1.82, 2.24) is 0 Å². The van der Waals surface area contributed by atoms with Crippen LogP contribution in [0.4, 0.5) is 0 Å². The van der Waals surface area contributed by atoms with Crippen LogP contribution >= 0.6 is 0 Å². The van der Waals surface area contributed by atoms with Gasteiger partial charge in [0.05, 0.1) is 13.0 Å². The van der Waals surface area contributed by atoms with Gasteiger partial charge in [0.15, 0.2) is 5.78 Å². The lowest BCUT2D eigenvalue weighted by atomic mass is 9.48. The van der Waals surface area contributed by atoms with Crippen molar-refractivity contribution in [2.45, 2.75) is 65.4 Å². The number of aliphatic hydroxyl groups is 1. The van der Waals surface area contributed by atoms with Crippen LogP contribution in [-0.4, -0.2) is 29.6 Å². The van der Waals surface area contributed by atoms with Crippen LogP contribution < -0.4 is 0 Å². The smallest absolute Gasteiger partial charge is 0.308 e.